The average molecular weight is 467 g/mol. The summed E-state index contributed by atoms with van der Waals surface area (Å²) in [5.41, 5.74) is 6.68. The molecule has 11 nitrogen and oxygen atoms in total. The molecular formula is C23H25N5O6. The lowest BCUT2D eigenvalue weighted by Gasteiger charge is -2.29. The van der Waals surface area contributed by atoms with Gasteiger partial charge in [0.1, 0.15) is 12.6 Å². The predicted octanol–water partition coefficient (Wildman–Crippen LogP) is 1.62. The van der Waals surface area contributed by atoms with Gasteiger partial charge in [-0.2, -0.15) is 5.06 Å². The Bertz CT molecular complexity index is 1060. The van der Waals surface area contributed by atoms with Gasteiger partial charge in [0.15, 0.2) is 0 Å². The van der Waals surface area contributed by atoms with E-state index in [0.717, 1.165) is 5.56 Å². The molecule has 0 spiro atoms. The number of hydrazine groups is 1. The van der Waals surface area contributed by atoms with E-state index in [2.05, 4.69) is 16.2 Å². The van der Waals surface area contributed by atoms with Crippen LogP contribution < -0.4 is 16.2 Å². The Hall–Kier alpha value is -4.12. The van der Waals surface area contributed by atoms with Crippen LogP contribution in [0.5, 0.6) is 0 Å². The molecule has 2 aliphatic rings. The molecule has 2 aliphatic heterocycles. The van der Waals surface area contributed by atoms with Gasteiger partial charge in [0.2, 0.25) is 0 Å². The zero-order valence-corrected chi connectivity index (χ0v) is 18.3. The number of hydroxylamine groups is 2. The summed E-state index contributed by atoms with van der Waals surface area (Å²) in [5, 5.41) is 12.2. The maximum Gasteiger partial charge on any atom is 0.404 e. The number of amides is 5. The van der Waals surface area contributed by atoms with Crippen molar-refractivity contribution in [3.8, 4) is 0 Å². The molecule has 0 saturated carbocycles. The van der Waals surface area contributed by atoms with Crippen LogP contribution in [0.4, 0.5) is 9.59 Å². The molecule has 2 aromatic rings. The molecule has 4 N–H and O–H groups in total. The largest absolute Gasteiger partial charge is 0.465 e. The molecule has 178 valence electrons. The van der Waals surface area contributed by atoms with Crippen LogP contribution in [-0.4, -0.2) is 57.6 Å². The van der Waals surface area contributed by atoms with Crippen molar-refractivity contribution in [1.82, 2.24) is 26.1 Å². The first-order chi connectivity index (χ1) is 16.4. The summed E-state index contributed by atoms with van der Waals surface area (Å²) in [6.07, 6.45) is -0.0790. The van der Waals surface area contributed by atoms with Crippen LogP contribution in [0.25, 0.3) is 0 Å². The number of fused-ring (bicyclic) bond motifs is 2. The second-order valence-electron chi connectivity index (χ2n) is 8.07. The van der Waals surface area contributed by atoms with Gasteiger partial charge in [-0.3, -0.25) is 25.3 Å². The summed E-state index contributed by atoms with van der Waals surface area (Å²) in [6.45, 7) is 0.757. The maximum absolute atomic E-state index is 12.8. The van der Waals surface area contributed by atoms with Crippen LogP contribution in [0.2, 0.25) is 0 Å². The molecule has 2 bridgehead atoms. The zero-order chi connectivity index (χ0) is 24.1. The molecule has 34 heavy (non-hydrogen) atoms. The Balaban J connectivity index is 1.28. The molecule has 2 saturated heterocycles. The van der Waals surface area contributed by atoms with Gasteiger partial charge in [-0.15, -0.1) is 0 Å². The highest BCUT2D eigenvalue weighted by atomic mass is 16.7. The number of hydrogen-bond acceptors (Lipinski definition) is 5. The Morgan fingerprint density at radius 3 is 2.41 bits per heavy atom. The molecule has 2 aromatic carbocycles. The number of carbonyl (C=O) groups excluding carboxylic acids is 3. The van der Waals surface area contributed by atoms with Crippen molar-refractivity contribution < 1.29 is 29.1 Å². The van der Waals surface area contributed by atoms with Crippen molar-refractivity contribution in [3.63, 3.8) is 0 Å². The number of nitrogens with zero attached hydrogens (tertiary/aromatic N) is 2. The number of piperidine rings is 1. The highest BCUT2D eigenvalue weighted by Gasteiger charge is 2.48. The van der Waals surface area contributed by atoms with Crippen molar-refractivity contribution in [2.24, 2.45) is 0 Å². The van der Waals surface area contributed by atoms with Gasteiger partial charge in [0.05, 0.1) is 6.04 Å². The van der Waals surface area contributed by atoms with E-state index >= 15 is 0 Å². The topological polar surface area (TPSA) is 140 Å². The van der Waals surface area contributed by atoms with E-state index in [1.165, 1.54) is 22.1 Å². The zero-order valence-electron chi connectivity index (χ0n) is 18.3. The molecule has 11 heteroatoms. The Morgan fingerprint density at radius 2 is 1.71 bits per heavy atom. The van der Waals surface area contributed by atoms with Crippen LogP contribution in [-0.2, 0) is 22.8 Å². The molecule has 2 heterocycles. The number of carboxylic acid groups (broad SMARTS) is 1. The molecule has 0 aliphatic carbocycles. The molecular weight excluding hydrogens is 442 g/mol. The second kappa shape index (κ2) is 10.2. The quantitative estimate of drug-likeness (QED) is 0.456. The van der Waals surface area contributed by atoms with E-state index in [9.17, 15) is 19.2 Å². The molecule has 2 fully saturated rings. The fraction of sp³-hybridized carbons (Fsp3) is 0.304. The number of rotatable bonds is 7. The van der Waals surface area contributed by atoms with E-state index < -0.39 is 23.9 Å². The molecule has 4 rings (SSSR count). The lowest BCUT2D eigenvalue weighted by molar-refractivity contribution is -0.140. The number of benzene rings is 2. The second-order valence-corrected chi connectivity index (χ2v) is 8.07. The maximum atomic E-state index is 12.8. The summed E-state index contributed by atoms with van der Waals surface area (Å²) in [6, 6.07) is 14.6. The molecule has 1 unspecified atom stereocenters. The van der Waals surface area contributed by atoms with Gasteiger partial charge in [-0.25, -0.2) is 9.59 Å². The Morgan fingerprint density at radius 1 is 0.971 bits per heavy atom. The average Bonchev–Trinajstić information content (AvgIpc) is 3.09. The monoisotopic (exact) mass is 467 g/mol. The molecule has 0 aromatic heterocycles. The highest BCUT2D eigenvalue weighted by molar-refractivity contribution is 5.96. The smallest absolute Gasteiger partial charge is 0.404 e. The first-order valence-corrected chi connectivity index (χ1v) is 10.8. The van der Waals surface area contributed by atoms with Crippen LogP contribution in [0, 0.1) is 0 Å². The minimum absolute atomic E-state index is 0.118. The van der Waals surface area contributed by atoms with Gasteiger partial charge in [-0.1, -0.05) is 42.5 Å². The first-order valence-electron chi connectivity index (χ1n) is 10.8. The predicted molar refractivity (Wildman–Crippen MR) is 119 cm³/mol. The van der Waals surface area contributed by atoms with E-state index in [1.807, 2.05) is 30.3 Å². The third kappa shape index (κ3) is 5.26. The fourth-order valence-electron chi connectivity index (χ4n) is 4.01. The van der Waals surface area contributed by atoms with Crippen molar-refractivity contribution in [3.05, 3.63) is 71.3 Å². The number of carbonyl (C=O) groups is 4. The standard InChI is InChI=1S/C23H25N5O6/c29-20(17-8-6-15(7-9-17)12-24-22(31)32)25-26-21(30)19-11-10-18-13-27(19)23(33)28(18)34-14-16-4-2-1-3-5-16/h1-9,18-19,24H,10-14H2,(H,25,29)(H,26,30)(H,31,32)/t18?,19-/m0/s1. The summed E-state index contributed by atoms with van der Waals surface area (Å²) in [5.74, 6) is -1.01. The van der Waals surface area contributed by atoms with Gasteiger partial charge in [-0.05, 0) is 36.1 Å². The van der Waals surface area contributed by atoms with E-state index in [-0.39, 0.29) is 25.2 Å². The fourth-order valence-corrected chi connectivity index (χ4v) is 4.01. The summed E-state index contributed by atoms with van der Waals surface area (Å²) in [4.78, 5) is 55.7. The number of urea groups is 1. The van der Waals surface area contributed by atoms with Gasteiger partial charge >= 0.3 is 12.1 Å². The van der Waals surface area contributed by atoms with E-state index in [4.69, 9.17) is 9.94 Å². The summed E-state index contributed by atoms with van der Waals surface area (Å²) < 4.78 is 0. The lowest BCUT2D eigenvalue weighted by Crippen LogP contribution is -2.54. The molecule has 0 radical (unpaired) electrons. The van der Waals surface area contributed by atoms with Crippen LogP contribution in [0.1, 0.15) is 34.3 Å². The van der Waals surface area contributed by atoms with E-state index in [1.54, 1.807) is 12.1 Å². The lowest BCUT2D eigenvalue weighted by atomic mass is 10.0. The minimum Gasteiger partial charge on any atom is -0.465 e. The summed E-state index contributed by atoms with van der Waals surface area (Å²) in [7, 11) is 0. The SMILES string of the molecule is O=C(O)NCc1ccc(C(=O)NNC(=O)[C@@H]2CCC3CN2C(=O)N3OCc2ccccc2)cc1. The van der Waals surface area contributed by atoms with Crippen molar-refractivity contribution in [2.45, 2.75) is 38.1 Å². The van der Waals surface area contributed by atoms with Crippen LogP contribution in [0.3, 0.4) is 0 Å². The van der Waals surface area contributed by atoms with Crippen LogP contribution >= 0.6 is 0 Å². The van der Waals surface area contributed by atoms with Gasteiger partial charge in [0.25, 0.3) is 11.8 Å². The third-order valence-corrected chi connectivity index (χ3v) is 5.80. The van der Waals surface area contributed by atoms with Crippen LogP contribution in [0.15, 0.2) is 54.6 Å². The van der Waals surface area contributed by atoms with Crippen molar-refractivity contribution in [1.29, 1.82) is 0 Å². The number of hydrogen-bond donors (Lipinski definition) is 4. The number of nitrogens with one attached hydrogen (secondary N) is 3. The van der Waals surface area contributed by atoms with Gasteiger partial charge in [0, 0.05) is 18.7 Å². The molecule has 2 atom stereocenters. The Labute approximate surface area is 195 Å². The normalized spacial score (nSPS) is 19.0. The third-order valence-electron chi connectivity index (χ3n) is 5.80. The van der Waals surface area contributed by atoms with E-state index in [0.29, 0.717) is 30.5 Å². The Kier molecular flexibility index (Phi) is 6.93. The minimum atomic E-state index is -1.14. The first kappa shape index (κ1) is 23.1. The summed E-state index contributed by atoms with van der Waals surface area (Å²) >= 11 is 0. The van der Waals surface area contributed by atoms with Crippen molar-refractivity contribution >= 4 is 23.9 Å². The highest BCUT2D eigenvalue weighted by Crippen LogP contribution is 2.30. The van der Waals surface area contributed by atoms with Crippen molar-refractivity contribution in [2.75, 3.05) is 6.54 Å². The molecule has 5 amide bonds. The van der Waals surface area contributed by atoms with Gasteiger partial charge < -0.3 is 15.3 Å².